The predicted octanol–water partition coefficient (Wildman–Crippen LogP) is 2.13. The number of hydrogen-bond acceptors (Lipinski definition) is 6. The SMILES string of the molecule is CC(C)C(NC(=O)[C@@H](NC(=O)OC(C)(C)C)C(C)C)C(=O)NCC(=O)OC(C)(C)C. The Labute approximate surface area is 180 Å². The number of alkyl carbamates (subject to hydrolysis) is 1. The molecule has 9 nitrogen and oxygen atoms in total. The number of esters is 1. The van der Waals surface area contributed by atoms with E-state index in [-0.39, 0.29) is 18.4 Å². The van der Waals surface area contributed by atoms with Gasteiger partial charge in [-0.05, 0) is 53.4 Å². The Morgan fingerprint density at radius 3 is 1.53 bits per heavy atom. The lowest BCUT2D eigenvalue weighted by Gasteiger charge is -2.28. The normalized spacial score (nSPS) is 14.0. The van der Waals surface area contributed by atoms with Gasteiger partial charge in [0.15, 0.2) is 0 Å². The molecule has 1 unspecified atom stereocenters. The van der Waals surface area contributed by atoms with Gasteiger partial charge in [-0.15, -0.1) is 0 Å². The topological polar surface area (TPSA) is 123 Å². The minimum Gasteiger partial charge on any atom is -0.459 e. The summed E-state index contributed by atoms with van der Waals surface area (Å²) in [5, 5.41) is 7.71. The zero-order valence-electron chi connectivity index (χ0n) is 20.0. The van der Waals surface area contributed by atoms with Gasteiger partial charge in [0.1, 0.15) is 29.8 Å². The second-order valence-electron chi connectivity index (χ2n) is 9.90. The van der Waals surface area contributed by atoms with E-state index in [1.54, 1.807) is 69.2 Å². The highest BCUT2D eigenvalue weighted by Gasteiger charge is 2.31. The molecule has 0 saturated heterocycles. The van der Waals surface area contributed by atoms with E-state index in [1.807, 2.05) is 0 Å². The zero-order chi connectivity index (χ0) is 23.9. The number of carbonyl (C=O) groups is 4. The molecule has 174 valence electrons. The molecule has 0 aromatic carbocycles. The van der Waals surface area contributed by atoms with Crippen molar-refractivity contribution in [2.45, 2.75) is 92.5 Å². The Hall–Kier alpha value is -2.32. The van der Waals surface area contributed by atoms with E-state index in [0.717, 1.165) is 0 Å². The van der Waals surface area contributed by atoms with Crippen molar-refractivity contribution in [3.8, 4) is 0 Å². The maximum absolute atomic E-state index is 12.8. The summed E-state index contributed by atoms with van der Waals surface area (Å²) in [4.78, 5) is 49.2. The molecule has 3 N–H and O–H groups in total. The molecule has 0 aromatic heterocycles. The third-order valence-electron chi connectivity index (χ3n) is 3.70. The second kappa shape index (κ2) is 11.2. The van der Waals surface area contributed by atoms with Crippen LogP contribution in [0, 0.1) is 11.8 Å². The fourth-order valence-corrected chi connectivity index (χ4v) is 2.39. The van der Waals surface area contributed by atoms with E-state index in [4.69, 9.17) is 9.47 Å². The summed E-state index contributed by atoms with van der Waals surface area (Å²) in [5.41, 5.74) is -1.37. The van der Waals surface area contributed by atoms with Crippen LogP contribution in [0.4, 0.5) is 4.79 Å². The number of nitrogens with one attached hydrogen (secondary N) is 3. The molecule has 0 radical (unpaired) electrons. The van der Waals surface area contributed by atoms with Crippen LogP contribution in [-0.4, -0.2) is 53.7 Å². The monoisotopic (exact) mass is 429 g/mol. The number of carbonyl (C=O) groups excluding carboxylic acids is 4. The second-order valence-corrected chi connectivity index (χ2v) is 9.90. The van der Waals surface area contributed by atoms with Gasteiger partial charge in [0.25, 0.3) is 0 Å². The van der Waals surface area contributed by atoms with Crippen molar-refractivity contribution in [2.75, 3.05) is 6.54 Å². The van der Waals surface area contributed by atoms with Crippen molar-refractivity contribution in [2.24, 2.45) is 11.8 Å². The van der Waals surface area contributed by atoms with Crippen LogP contribution in [0.5, 0.6) is 0 Å². The van der Waals surface area contributed by atoms with Gasteiger partial charge in [-0.1, -0.05) is 27.7 Å². The van der Waals surface area contributed by atoms with Gasteiger partial charge in [0.05, 0.1) is 0 Å². The molecule has 9 heteroatoms. The van der Waals surface area contributed by atoms with Gasteiger partial charge >= 0.3 is 12.1 Å². The average molecular weight is 430 g/mol. The van der Waals surface area contributed by atoms with Crippen LogP contribution in [0.2, 0.25) is 0 Å². The van der Waals surface area contributed by atoms with Crippen LogP contribution in [0.3, 0.4) is 0 Å². The number of hydrogen-bond donors (Lipinski definition) is 3. The van der Waals surface area contributed by atoms with Gasteiger partial charge in [0.2, 0.25) is 11.8 Å². The van der Waals surface area contributed by atoms with Crippen LogP contribution in [0.1, 0.15) is 69.2 Å². The van der Waals surface area contributed by atoms with Crippen LogP contribution >= 0.6 is 0 Å². The highest BCUT2D eigenvalue weighted by Crippen LogP contribution is 2.10. The molecular weight excluding hydrogens is 390 g/mol. The van der Waals surface area contributed by atoms with Crippen molar-refractivity contribution in [1.82, 2.24) is 16.0 Å². The Morgan fingerprint density at radius 1 is 0.700 bits per heavy atom. The van der Waals surface area contributed by atoms with Crippen molar-refractivity contribution in [3.63, 3.8) is 0 Å². The molecule has 3 amide bonds. The van der Waals surface area contributed by atoms with Gasteiger partial charge in [-0.2, -0.15) is 0 Å². The Balaban J connectivity index is 5.07. The summed E-state index contributed by atoms with van der Waals surface area (Å²) < 4.78 is 10.4. The summed E-state index contributed by atoms with van der Waals surface area (Å²) in [7, 11) is 0. The van der Waals surface area contributed by atoms with Gasteiger partial charge < -0.3 is 25.4 Å². The zero-order valence-corrected chi connectivity index (χ0v) is 20.0. The van der Waals surface area contributed by atoms with E-state index < -0.39 is 47.2 Å². The highest BCUT2D eigenvalue weighted by atomic mass is 16.6. The first-order chi connectivity index (χ1) is 13.4. The summed E-state index contributed by atoms with van der Waals surface area (Å²) in [5.74, 6) is -2.08. The van der Waals surface area contributed by atoms with E-state index in [0.29, 0.717) is 0 Å². The van der Waals surface area contributed by atoms with E-state index in [9.17, 15) is 19.2 Å². The molecule has 2 atom stereocenters. The minimum absolute atomic E-state index is 0.241. The average Bonchev–Trinajstić information content (AvgIpc) is 2.51. The summed E-state index contributed by atoms with van der Waals surface area (Å²) in [6.45, 7) is 17.1. The standard InChI is InChI=1S/C21H39N3O6/c1-12(2)15(17(26)22-11-14(25)29-20(5,6)7)23-18(27)16(13(3)4)24-19(28)30-21(8,9)10/h12-13,15-16H,11H2,1-10H3,(H,22,26)(H,23,27)(H,24,28)/t15?,16-/m0/s1. The fraction of sp³-hybridized carbons (Fsp3) is 0.810. The maximum atomic E-state index is 12.8. The third-order valence-corrected chi connectivity index (χ3v) is 3.70. The first-order valence-corrected chi connectivity index (χ1v) is 10.2. The molecule has 30 heavy (non-hydrogen) atoms. The first kappa shape index (κ1) is 27.7. The molecule has 0 aromatic rings. The maximum Gasteiger partial charge on any atom is 0.408 e. The Morgan fingerprint density at radius 2 is 1.13 bits per heavy atom. The van der Waals surface area contributed by atoms with E-state index in [1.165, 1.54) is 0 Å². The molecule has 0 spiro atoms. The molecule has 0 rings (SSSR count). The molecule has 0 fully saturated rings. The largest absolute Gasteiger partial charge is 0.459 e. The van der Waals surface area contributed by atoms with Gasteiger partial charge in [-0.3, -0.25) is 14.4 Å². The molecule has 0 heterocycles. The Bertz CT molecular complexity index is 617. The number of amides is 3. The van der Waals surface area contributed by atoms with Crippen molar-refractivity contribution >= 4 is 23.9 Å². The van der Waals surface area contributed by atoms with Gasteiger partial charge in [-0.25, -0.2) is 4.79 Å². The first-order valence-electron chi connectivity index (χ1n) is 10.2. The predicted molar refractivity (Wildman–Crippen MR) is 114 cm³/mol. The van der Waals surface area contributed by atoms with E-state index in [2.05, 4.69) is 16.0 Å². The molecule has 0 saturated carbocycles. The van der Waals surface area contributed by atoms with Crippen LogP contribution in [0.15, 0.2) is 0 Å². The quantitative estimate of drug-likeness (QED) is 0.508. The van der Waals surface area contributed by atoms with Crippen LogP contribution < -0.4 is 16.0 Å². The smallest absolute Gasteiger partial charge is 0.408 e. The van der Waals surface area contributed by atoms with Crippen LogP contribution in [0.25, 0.3) is 0 Å². The minimum atomic E-state index is -0.889. The van der Waals surface area contributed by atoms with E-state index >= 15 is 0 Å². The Kier molecular flexibility index (Phi) is 10.3. The lowest BCUT2D eigenvalue weighted by molar-refractivity contribution is -0.154. The third kappa shape index (κ3) is 11.6. The number of rotatable bonds is 8. The summed E-state index contributed by atoms with van der Waals surface area (Å²) in [6.07, 6.45) is -0.716. The fourth-order valence-electron chi connectivity index (χ4n) is 2.39. The number of ether oxygens (including phenoxy) is 2. The van der Waals surface area contributed by atoms with Crippen LogP contribution in [-0.2, 0) is 23.9 Å². The molecular formula is C21H39N3O6. The highest BCUT2D eigenvalue weighted by molar-refractivity contribution is 5.92. The molecule has 0 aliphatic heterocycles. The molecule has 0 bridgehead atoms. The van der Waals surface area contributed by atoms with Crippen molar-refractivity contribution < 1.29 is 28.7 Å². The van der Waals surface area contributed by atoms with Gasteiger partial charge in [0, 0.05) is 0 Å². The van der Waals surface area contributed by atoms with Crippen molar-refractivity contribution in [3.05, 3.63) is 0 Å². The summed E-state index contributed by atoms with van der Waals surface area (Å²) >= 11 is 0. The van der Waals surface area contributed by atoms with Crippen molar-refractivity contribution in [1.29, 1.82) is 0 Å². The summed E-state index contributed by atoms with van der Waals surface area (Å²) in [6, 6.07) is -1.78. The lowest BCUT2D eigenvalue weighted by Crippen LogP contribution is -2.57. The lowest BCUT2D eigenvalue weighted by atomic mass is 10.00. The molecule has 0 aliphatic carbocycles. The molecule has 0 aliphatic rings.